The Hall–Kier alpha value is -1.17. The van der Waals surface area contributed by atoms with E-state index in [1.807, 2.05) is 0 Å². The van der Waals surface area contributed by atoms with Crippen LogP contribution in [-0.4, -0.2) is 33.4 Å². The molecule has 1 amide bonds. The average Bonchev–Trinajstić information content (AvgIpc) is 2.62. The number of carbonyl (C=O) groups excluding carboxylic acids is 2. The summed E-state index contributed by atoms with van der Waals surface area (Å²) in [6.45, 7) is -0.757. The zero-order valence-corrected chi connectivity index (χ0v) is 20.0. The molecule has 2 aromatic rings. The van der Waals surface area contributed by atoms with E-state index in [2.05, 4.69) is 41.9 Å². The first kappa shape index (κ1) is 24.1. The molecule has 12 heteroatoms. The number of halogens is 4. The van der Waals surface area contributed by atoms with E-state index in [1.165, 1.54) is 18.2 Å². The second-order valence-corrected chi connectivity index (χ2v) is 9.82. The van der Waals surface area contributed by atoms with Crippen molar-refractivity contribution in [3.05, 3.63) is 55.4 Å². The lowest BCUT2D eigenvalue weighted by Crippen LogP contribution is -2.28. The minimum Gasteiger partial charge on any atom is -0.456 e. The number of ether oxygens (including phenoxy) is 1. The van der Waals surface area contributed by atoms with Crippen LogP contribution in [0.4, 0.5) is 5.69 Å². The largest absolute Gasteiger partial charge is 0.456 e. The molecule has 2 N–H and O–H groups in total. The zero-order valence-electron chi connectivity index (χ0n) is 14.5. The van der Waals surface area contributed by atoms with Gasteiger partial charge in [0.25, 0.3) is 5.91 Å². The van der Waals surface area contributed by atoms with Crippen LogP contribution in [-0.2, 0) is 24.3 Å². The van der Waals surface area contributed by atoms with Gasteiger partial charge in [-0.05, 0) is 46.3 Å². The van der Waals surface area contributed by atoms with Crippen LogP contribution in [0.1, 0.15) is 6.42 Å². The Labute approximate surface area is 194 Å². The van der Waals surface area contributed by atoms with Crippen molar-refractivity contribution in [1.82, 2.24) is 4.72 Å². The summed E-state index contributed by atoms with van der Waals surface area (Å²) in [5.74, 6) is -1.28. The number of sulfonamides is 1. The standard InChI is InChI=1S/C17H14Br2Cl2N2O5S/c18-10-4-5-14(11(19)8-10)23-15(24)9-28-16(25)6-7-22-29(26,27)17-12(20)2-1-3-13(17)21/h1-5,8,22H,6-7,9H2,(H,23,24). The van der Waals surface area contributed by atoms with E-state index in [4.69, 9.17) is 27.9 Å². The summed E-state index contributed by atoms with van der Waals surface area (Å²) >= 11 is 18.4. The third kappa shape index (κ3) is 7.23. The highest BCUT2D eigenvalue weighted by atomic mass is 79.9. The third-order valence-corrected chi connectivity index (χ3v) is 6.94. The molecule has 0 radical (unpaired) electrons. The van der Waals surface area contributed by atoms with Crippen molar-refractivity contribution in [1.29, 1.82) is 0 Å². The Balaban J connectivity index is 1.80. The van der Waals surface area contributed by atoms with Crippen molar-refractivity contribution in [2.45, 2.75) is 11.3 Å². The van der Waals surface area contributed by atoms with E-state index in [0.29, 0.717) is 10.2 Å². The fraction of sp³-hybridized carbons (Fsp3) is 0.176. The molecule has 0 fully saturated rings. The molecule has 0 unspecified atom stereocenters. The van der Waals surface area contributed by atoms with E-state index < -0.39 is 28.5 Å². The number of nitrogens with one attached hydrogen (secondary N) is 2. The van der Waals surface area contributed by atoms with Crippen LogP contribution in [0.5, 0.6) is 0 Å². The maximum atomic E-state index is 12.3. The van der Waals surface area contributed by atoms with Crippen molar-refractivity contribution < 1.29 is 22.7 Å². The van der Waals surface area contributed by atoms with Crippen LogP contribution in [0.2, 0.25) is 10.0 Å². The van der Waals surface area contributed by atoms with Gasteiger partial charge < -0.3 is 10.1 Å². The van der Waals surface area contributed by atoms with E-state index in [-0.39, 0.29) is 27.9 Å². The molecule has 2 aromatic carbocycles. The molecule has 0 aliphatic rings. The van der Waals surface area contributed by atoms with Gasteiger partial charge in [0.05, 0.1) is 22.2 Å². The normalized spacial score (nSPS) is 11.2. The number of anilines is 1. The summed E-state index contributed by atoms with van der Waals surface area (Å²) < 4.78 is 33.1. The topological polar surface area (TPSA) is 102 Å². The van der Waals surface area contributed by atoms with Crippen LogP contribution in [0.25, 0.3) is 0 Å². The molecule has 0 atom stereocenters. The zero-order chi connectivity index (χ0) is 21.6. The highest BCUT2D eigenvalue weighted by Crippen LogP contribution is 2.28. The van der Waals surface area contributed by atoms with Crippen molar-refractivity contribution in [2.75, 3.05) is 18.5 Å². The van der Waals surface area contributed by atoms with Crippen LogP contribution in [0.3, 0.4) is 0 Å². The molecule has 7 nitrogen and oxygen atoms in total. The quantitative estimate of drug-likeness (QED) is 0.446. The highest BCUT2D eigenvalue weighted by Gasteiger charge is 2.21. The molecule has 2 rings (SSSR count). The van der Waals surface area contributed by atoms with Gasteiger partial charge in [0.2, 0.25) is 10.0 Å². The lowest BCUT2D eigenvalue weighted by molar-refractivity contribution is -0.147. The van der Waals surface area contributed by atoms with Crippen LogP contribution in [0, 0.1) is 0 Å². The molecule has 0 bridgehead atoms. The molecule has 0 saturated carbocycles. The van der Waals surface area contributed by atoms with Gasteiger partial charge in [0.1, 0.15) is 4.90 Å². The van der Waals surface area contributed by atoms with Gasteiger partial charge in [0, 0.05) is 15.5 Å². The minimum absolute atomic E-state index is 0.0386. The number of rotatable bonds is 8. The van der Waals surface area contributed by atoms with Crippen molar-refractivity contribution >= 4 is 82.6 Å². The molecule has 0 aliphatic heterocycles. The van der Waals surface area contributed by atoms with Gasteiger partial charge in [-0.3, -0.25) is 9.59 Å². The average molecular weight is 589 g/mol. The summed E-state index contributed by atoms with van der Waals surface area (Å²) in [7, 11) is -4.01. The van der Waals surface area contributed by atoms with Crippen LogP contribution >= 0.6 is 55.1 Å². The molecular weight excluding hydrogens is 575 g/mol. The Kier molecular flexibility index (Phi) is 8.92. The SMILES string of the molecule is O=C(COC(=O)CCNS(=O)(=O)c1c(Cl)cccc1Cl)Nc1ccc(Br)cc1Br. The predicted octanol–water partition coefficient (Wildman–Crippen LogP) is 4.37. The van der Waals surface area contributed by atoms with Gasteiger partial charge >= 0.3 is 5.97 Å². The summed E-state index contributed by atoms with van der Waals surface area (Å²) in [4.78, 5) is 23.4. The fourth-order valence-corrected chi connectivity index (χ4v) is 5.41. The Morgan fingerprint density at radius 3 is 2.34 bits per heavy atom. The van der Waals surface area contributed by atoms with Gasteiger partial charge in [0.15, 0.2) is 6.61 Å². The molecule has 0 spiro atoms. The summed E-state index contributed by atoms with van der Waals surface area (Å²) in [5.41, 5.74) is 0.513. The molecular formula is C17H14Br2Cl2N2O5S. The van der Waals surface area contributed by atoms with Crippen molar-refractivity contribution in [3.63, 3.8) is 0 Å². The summed E-state index contributed by atoms with van der Waals surface area (Å²) in [6.07, 6.45) is -0.281. The molecule has 29 heavy (non-hydrogen) atoms. The van der Waals surface area contributed by atoms with Gasteiger partial charge in [-0.1, -0.05) is 45.2 Å². The van der Waals surface area contributed by atoms with E-state index in [0.717, 1.165) is 4.47 Å². The molecule has 0 aromatic heterocycles. The van der Waals surface area contributed by atoms with Gasteiger partial charge in [-0.2, -0.15) is 0 Å². The maximum absolute atomic E-state index is 12.3. The van der Waals surface area contributed by atoms with E-state index in [9.17, 15) is 18.0 Å². The number of hydrogen-bond acceptors (Lipinski definition) is 5. The third-order valence-electron chi connectivity index (χ3n) is 3.38. The number of amides is 1. The predicted molar refractivity (Wildman–Crippen MR) is 118 cm³/mol. The lowest BCUT2D eigenvalue weighted by Gasteiger charge is -2.10. The first-order chi connectivity index (χ1) is 13.6. The van der Waals surface area contributed by atoms with Gasteiger partial charge in [-0.15, -0.1) is 0 Å². The molecule has 156 valence electrons. The second kappa shape index (κ2) is 10.7. The summed E-state index contributed by atoms with van der Waals surface area (Å²) in [5, 5.41) is 2.51. The van der Waals surface area contributed by atoms with Crippen LogP contribution < -0.4 is 10.0 Å². The fourth-order valence-electron chi connectivity index (χ4n) is 2.09. The maximum Gasteiger partial charge on any atom is 0.307 e. The molecule has 0 aliphatic carbocycles. The van der Waals surface area contributed by atoms with Crippen LogP contribution in [0.15, 0.2) is 50.2 Å². The Morgan fingerprint density at radius 1 is 1.07 bits per heavy atom. The number of hydrogen-bond donors (Lipinski definition) is 2. The highest BCUT2D eigenvalue weighted by molar-refractivity contribution is 9.11. The number of esters is 1. The van der Waals surface area contributed by atoms with Crippen molar-refractivity contribution in [3.8, 4) is 0 Å². The molecule has 0 saturated heterocycles. The van der Waals surface area contributed by atoms with Gasteiger partial charge in [-0.25, -0.2) is 13.1 Å². The monoisotopic (exact) mass is 586 g/mol. The molecule has 0 heterocycles. The summed E-state index contributed by atoms with van der Waals surface area (Å²) in [6, 6.07) is 9.45. The van der Waals surface area contributed by atoms with Crippen molar-refractivity contribution in [2.24, 2.45) is 0 Å². The first-order valence-electron chi connectivity index (χ1n) is 7.94. The van der Waals surface area contributed by atoms with E-state index >= 15 is 0 Å². The Morgan fingerprint density at radius 2 is 1.72 bits per heavy atom. The van der Waals surface area contributed by atoms with E-state index in [1.54, 1.807) is 18.2 Å². The lowest BCUT2D eigenvalue weighted by atomic mass is 10.3. The first-order valence-corrected chi connectivity index (χ1v) is 11.8. The minimum atomic E-state index is -4.01. The second-order valence-electron chi connectivity index (χ2n) is 5.53. The smallest absolute Gasteiger partial charge is 0.307 e. The Bertz CT molecular complexity index is 1010. The number of carbonyl (C=O) groups is 2. The number of benzene rings is 2.